The molecule has 108 valence electrons. The highest BCUT2D eigenvalue weighted by Crippen LogP contribution is 2.39. The van der Waals surface area contributed by atoms with E-state index in [0.29, 0.717) is 5.58 Å². The number of halogens is 1. The van der Waals surface area contributed by atoms with E-state index < -0.39 is 0 Å². The number of ether oxygens (including phenoxy) is 1. The van der Waals surface area contributed by atoms with E-state index in [0.717, 1.165) is 37.1 Å². The number of likely N-dealkylation sites (N-methyl/N-ethyl adjacent to an activating group) is 1. The van der Waals surface area contributed by atoms with E-state index in [-0.39, 0.29) is 17.5 Å². The minimum Gasteiger partial charge on any atom is -0.459 e. The van der Waals surface area contributed by atoms with Crippen molar-refractivity contribution in [1.82, 2.24) is 5.32 Å². The quantitative estimate of drug-likeness (QED) is 0.923. The van der Waals surface area contributed by atoms with Gasteiger partial charge < -0.3 is 14.5 Å². The second kappa shape index (κ2) is 5.19. The third-order valence-electron chi connectivity index (χ3n) is 4.05. The first-order valence-electron chi connectivity index (χ1n) is 7.19. The van der Waals surface area contributed by atoms with Crippen LogP contribution >= 0.6 is 0 Å². The largest absolute Gasteiger partial charge is 0.459 e. The zero-order valence-electron chi connectivity index (χ0n) is 11.9. The molecule has 1 aliphatic heterocycles. The molecule has 0 saturated carbocycles. The molecule has 1 aromatic carbocycles. The topological polar surface area (TPSA) is 34.4 Å². The van der Waals surface area contributed by atoms with Crippen molar-refractivity contribution in [3.63, 3.8) is 0 Å². The molecular formula is C16H20FNO2. The Hall–Kier alpha value is -1.39. The average molecular weight is 277 g/mol. The predicted octanol–water partition coefficient (Wildman–Crippen LogP) is 3.79. The van der Waals surface area contributed by atoms with Gasteiger partial charge in [0.15, 0.2) is 0 Å². The molecule has 0 amide bonds. The van der Waals surface area contributed by atoms with Crippen LogP contribution < -0.4 is 5.32 Å². The fourth-order valence-corrected chi connectivity index (χ4v) is 3.03. The molecule has 1 saturated heterocycles. The summed E-state index contributed by atoms with van der Waals surface area (Å²) in [4.78, 5) is 0. The van der Waals surface area contributed by atoms with Gasteiger partial charge in [-0.3, -0.25) is 0 Å². The molecule has 2 unspecified atom stereocenters. The average Bonchev–Trinajstić information content (AvgIpc) is 3.02. The van der Waals surface area contributed by atoms with Crippen molar-refractivity contribution >= 4 is 11.0 Å². The van der Waals surface area contributed by atoms with E-state index in [1.807, 2.05) is 6.07 Å². The summed E-state index contributed by atoms with van der Waals surface area (Å²) >= 11 is 0. The Bertz CT molecular complexity index is 602. The van der Waals surface area contributed by atoms with Crippen LogP contribution in [0.5, 0.6) is 0 Å². The molecule has 2 aromatic rings. The van der Waals surface area contributed by atoms with Crippen LogP contribution in [0.2, 0.25) is 0 Å². The summed E-state index contributed by atoms with van der Waals surface area (Å²) < 4.78 is 25.1. The van der Waals surface area contributed by atoms with Gasteiger partial charge in [0, 0.05) is 12.0 Å². The van der Waals surface area contributed by atoms with Crippen LogP contribution in [0.15, 0.2) is 28.7 Å². The number of benzene rings is 1. The minimum atomic E-state index is -0.261. The van der Waals surface area contributed by atoms with Crippen molar-refractivity contribution in [1.29, 1.82) is 0 Å². The fraction of sp³-hybridized carbons (Fsp3) is 0.500. The number of rotatable bonds is 4. The summed E-state index contributed by atoms with van der Waals surface area (Å²) in [6.45, 7) is 5.79. The van der Waals surface area contributed by atoms with Crippen LogP contribution in [-0.2, 0) is 4.74 Å². The Labute approximate surface area is 118 Å². The van der Waals surface area contributed by atoms with Gasteiger partial charge in [0.1, 0.15) is 17.2 Å². The van der Waals surface area contributed by atoms with Crippen LogP contribution in [0.4, 0.5) is 4.39 Å². The Morgan fingerprint density at radius 2 is 2.25 bits per heavy atom. The summed E-state index contributed by atoms with van der Waals surface area (Å²) in [5.74, 6) is 0.574. The predicted molar refractivity (Wildman–Crippen MR) is 76.2 cm³/mol. The van der Waals surface area contributed by atoms with Crippen LogP contribution in [0.1, 0.15) is 38.5 Å². The SMILES string of the molecule is CCNC(c1cc2cc(F)ccc2o1)C1(C)CCCO1. The van der Waals surface area contributed by atoms with Crippen LogP contribution in [-0.4, -0.2) is 18.8 Å². The summed E-state index contributed by atoms with van der Waals surface area (Å²) in [6, 6.07) is 6.51. The van der Waals surface area contributed by atoms with Crippen LogP contribution in [0.3, 0.4) is 0 Å². The van der Waals surface area contributed by atoms with Crippen molar-refractivity contribution in [2.24, 2.45) is 0 Å². The maximum atomic E-state index is 13.3. The van der Waals surface area contributed by atoms with E-state index in [1.54, 1.807) is 6.07 Å². The van der Waals surface area contributed by atoms with Gasteiger partial charge in [-0.25, -0.2) is 4.39 Å². The van der Waals surface area contributed by atoms with Gasteiger partial charge in [0.05, 0.1) is 11.6 Å². The summed E-state index contributed by atoms with van der Waals surface area (Å²) in [7, 11) is 0. The lowest BCUT2D eigenvalue weighted by atomic mass is 9.91. The number of hydrogen-bond donors (Lipinski definition) is 1. The van der Waals surface area contributed by atoms with Gasteiger partial charge >= 0.3 is 0 Å². The van der Waals surface area contributed by atoms with Crippen LogP contribution in [0, 0.1) is 5.82 Å². The van der Waals surface area contributed by atoms with Gasteiger partial charge in [0.25, 0.3) is 0 Å². The molecular weight excluding hydrogens is 257 g/mol. The second-order valence-corrected chi connectivity index (χ2v) is 5.59. The van der Waals surface area contributed by atoms with E-state index in [4.69, 9.17) is 9.15 Å². The molecule has 0 radical (unpaired) electrons. The first-order valence-corrected chi connectivity index (χ1v) is 7.19. The van der Waals surface area contributed by atoms with Gasteiger partial charge in [-0.15, -0.1) is 0 Å². The molecule has 0 bridgehead atoms. The lowest BCUT2D eigenvalue weighted by Gasteiger charge is -2.32. The summed E-state index contributed by atoms with van der Waals surface area (Å²) in [5.41, 5.74) is 0.452. The standard InChI is InChI=1S/C16H20FNO2/c1-3-18-15(16(2)7-4-8-19-16)14-10-11-9-12(17)5-6-13(11)20-14/h5-6,9-10,15,18H,3-4,7-8H2,1-2H3. The maximum Gasteiger partial charge on any atom is 0.134 e. The van der Waals surface area contributed by atoms with Gasteiger partial charge in [0.2, 0.25) is 0 Å². The number of nitrogens with one attached hydrogen (secondary N) is 1. The second-order valence-electron chi connectivity index (χ2n) is 5.59. The number of fused-ring (bicyclic) bond motifs is 1. The molecule has 1 aliphatic rings. The summed E-state index contributed by atoms with van der Waals surface area (Å²) in [5, 5.41) is 4.24. The van der Waals surface area contributed by atoms with Crippen molar-refractivity contribution in [2.45, 2.75) is 38.3 Å². The zero-order valence-corrected chi connectivity index (χ0v) is 11.9. The van der Waals surface area contributed by atoms with E-state index in [2.05, 4.69) is 19.2 Å². The molecule has 4 heteroatoms. The Morgan fingerprint density at radius 1 is 1.40 bits per heavy atom. The Kier molecular flexibility index (Phi) is 3.52. The van der Waals surface area contributed by atoms with Crippen LogP contribution in [0.25, 0.3) is 11.0 Å². The smallest absolute Gasteiger partial charge is 0.134 e. The lowest BCUT2D eigenvalue weighted by molar-refractivity contribution is -0.0173. The maximum absolute atomic E-state index is 13.3. The van der Waals surface area contributed by atoms with Crippen molar-refractivity contribution in [3.8, 4) is 0 Å². The molecule has 0 spiro atoms. The van der Waals surface area contributed by atoms with Crippen molar-refractivity contribution in [3.05, 3.63) is 35.8 Å². The molecule has 1 aromatic heterocycles. The highest BCUT2D eigenvalue weighted by atomic mass is 19.1. The molecule has 2 heterocycles. The first-order chi connectivity index (χ1) is 9.62. The normalized spacial score (nSPS) is 24.4. The van der Waals surface area contributed by atoms with Crippen molar-refractivity contribution in [2.75, 3.05) is 13.2 Å². The zero-order chi connectivity index (χ0) is 14.2. The molecule has 3 nitrogen and oxygen atoms in total. The molecule has 1 N–H and O–H groups in total. The third-order valence-corrected chi connectivity index (χ3v) is 4.05. The Balaban J connectivity index is 2.00. The van der Waals surface area contributed by atoms with Gasteiger partial charge in [-0.05, 0) is 50.6 Å². The van der Waals surface area contributed by atoms with E-state index >= 15 is 0 Å². The number of furan rings is 1. The Morgan fingerprint density at radius 3 is 2.95 bits per heavy atom. The number of hydrogen-bond acceptors (Lipinski definition) is 3. The summed E-state index contributed by atoms with van der Waals surface area (Å²) in [6.07, 6.45) is 2.06. The van der Waals surface area contributed by atoms with E-state index in [1.165, 1.54) is 12.1 Å². The van der Waals surface area contributed by atoms with Gasteiger partial charge in [-0.2, -0.15) is 0 Å². The first kappa shape index (κ1) is 13.6. The molecule has 1 fully saturated rings. The third kappa shape index (κ3) is 2.34. The highest BCUT2D eigenvalue weighted by molar-refractivity contribution is 5.78. The molecule has 2 atom stereocenters. The monoisotopic (exact) mass is 277 g/mol. The fourth-order valence-electron chi connectivity index (χ4n) is 3.03. The lowest BCUT2D eigenvalue weighted by Crippen LogP contribution is -2.41. The van der Waals surface area contributed by atoms with Gasteiger partial charge in [-0.1, -0.05) is 6.92 Å². The minimum absolute atomic E-state index is 0.00883. The molecule has 0 aliphatic carbocycles. The molecule has 20 heavy (non-hydrogen) atoms. The van der Waals surface area contributed by atoms with E-state index in [9.17, 15) is 4.39 Å². The van der Waals surface area contributed by atoms with Crippen molar-refractivity contribution < 1.29 is 13.5 Å². The molecule has 3 rings (SSSR count). The highest BCUT2D eigenvalue weighted by Gasteiger charge is 2.40.